The molecular weight excluding hydrogens is 933 g/mol. The molecule has 2 aliphatic heterocycles. The van der Waals surface area contributed by atoms with Crippen LogP contribution in [-0.2, 0) is 56.8 Å². The van der Waals surface area contributed by atoms with Crippen LogP contribution in [0.2, 0.25) is 0 Å². The number of morpholine rings is 2. The highest BCUT2D eigenvalue weighted by molar-refractivity contribution is 7.98. The van der Waals surface area contributed by atoms with Crippen LogP contribution in [0.3, 0.4) is 0 Å². The number of benzene rings is 4. The Bertz CT molecular complexity index is 2160. The Labute approximate surface area is 444 Å². The molecule has 72 heavy (non-hydrogen) atoms. The van der Waals surface area contributed by atoms with Gasteiger partial charge in [-0.15, -0.1) is 0 Å². The van der Waals surface area contributed by atoms with E-state index in [1.54, 1.807) is 0 Å². The van der Waals surface area contributed by atoms with Gasteiger partial charge in [0.15, 0.2) is 0 Å². The number of fused-ring (bicyclic) bond motifs is 8. The second kappa shape index (κ2) is 24.5. The maximum atomic E-state index is 7.28. The number of hydrogen-bond donors (Lipinski definition) is 0. The highest BCUT2D eigenvalue weighted by Gasteiger charge is 2.30. The quantitative estimate of drug-likeness (QED) is 0.0893. The van der Waals surface area contributed by atoms with Crippen molar-refractivity contribution in [1.29, 1.82) is 0 Å². The molecule has 8 bridgehead atoms. The largest absolute Gasteiger partial charge is 0.492 e. The second-order valence-corrected chi connectivity index (χ2v) is 26.5. The van der Waals surface area contributed by atoms with Gasteiger partial charge in [0.1, 0.15) is 36.2 Å². The third-order valence-corrected chi connectivity index (χ3v) is 15.7. The van der Waals surface area contributed by atoms with Crippen LogP contribution in [-0.4, -0.2) is 126 Å². The van der Waals surface area contributed by atoms with Crippen molar-refractivity contribution in [3.8, 4) is 23.0 Å². The molecule has 2 saturated heterocycles. The lowest BCUT2D eigenvalue weighted by atomic mass is 9.79. The molecule has 3 aliphatic rings. The fourth-order valence-electron chi connectivity index (χ4n) is 10.0. The van der Waals surface area contributed by atoms with Gasteiger partial charge >= 0.3 is 0 Å². The van der Waals surface area contributed by atoms with Crippen LogP contribution in [0.1, 0.15) is 150 Å². The van der Waals surface area contributed by atoms with Crippen LogP contribution in [0.25, 0.3) is 0 Å². The molecule has 10 heteroatoms. The van der Waals surface area contributed by atoms with Gasteiger partial charge in [-0.1, -0.05) is 132 Å². The molecule has 396 valence electrons. The minimum absolute atomic E-state index is 0.117. The summed E-state index contributed by atoms with van der Waals surface area (Å²) in [4.78, 5) is 4.94. The molecule has 0 N–H and O–H groups in total. The van der Waals surface area contributed by atoms with Crippen molar-refractivity contribution in [2.75, 3.05) is 116 Å². The van der Waals surface area contributed by atoms with E-state index in [4.69, 9.17) is 28.4 Å². The minimum Gasteiger partial charge on any atom is -0.492 e. The molecule has 0 unspecified atom stereocenters. The fourth-order valence-corrected chi connectivity index (χ4v) is 10.5. The summed E-state index contributed by atoms with van der Waals surface area (Å²) in [5.41, 5.74) is 14.3. The SMILES string of the molecule is CSCCOc1c2cc(C(C)(C)C)cc1Cc1cc(C(C)(C)C)cc(c1OCCN1CCOCC1)Cc1cc(C(C)(C)C)cc(c1OCCSC)Cc1cc(C(C)(C)C)cc(c1OCCN1CCOCC1)C2. The van der Waals surface area contributed by atoms with E-state index in [1.807, 2.05) is 23.5 Å². The maximum Gasteiger partial charge on any atom is 0.126 e. The Hall–Kier alpha value is -3.38. The molecule has 4 aromatic rings. The van der Waals surface area contributed by atoms with Crippen LogP contribution in [0.5, 0.6) is 23.0 Å². The Morgan fingerprint density at radius 3 is 0.806 bits per heavy atom. The van der Waals surface area contributed by atoms with E-state index in [-0.39, 0.29) is 21.7 Å². The molecule has 2 fully saturated rings. The van der Waals surface area contributed by atoms with Gasteiger partial charge in [-0.3, -0.25) is 9.80 Å². The van der Waals surface area contributed by atoms with Crippen molar-refractivity contribution < 1.29 is 28.4 Å². The zero-order chi connectivity index (χ0) is 51.8. The van der Waals surface area contributed by atoms with Gasteiger partial charge in [0.25, 0.3) is 0 Å². The molecule has 2 heterocycles. The van der Waals surface area contributed by atoms with E-state index in [0.717, 1.165) is 100 Å². The van der Waals surface area contributed by atoms with Gasteiger partial charge in [-0.25, -0.2) is 0 Å². The van der Waals surface area contributed by atoms with Crippen molar-refractivity contribution in [3.63, 3.8) is 0 Å². The van der Waals surface area contributed by atoms with Crippen molar-refractivity contribution in [1.82, 2.24) is 9.80 Å². The van der Waals surface area contributed by atoms with Gasteiger partial charge in [0.2, 0.25) is 0 Å². The summed E-state index contributed by atoms with van der Waals surface area (Å²) < 4.78 is 40.3. The summed E-state index contributed by atoms with van der Waals surface area (Å²) in [6.45, 7) is 38.9. The summed E-state index contributed by atoms with van der Waals surface area (Å²) in [7, 11) is 0. The first-order valence-electron chi connectivity index (χ1n) is 26.9. The van der Waals surface area contributed by atoms with E-state index >= 15 is 0 Å². The number of thioether (sulfide) groups is 2. The second-order valence-electron chi connectivity index (χ2n) is 24.5. The summed E-state index contributed by atoms with van der Waals surface area (Å²) in [5.74, 6) is 5.73. The average molecular weight is 1020 g/mol. The predicted octanol–water partition coefficient (Wildman–Crippen LogP) is 12.5. The Balaban J connectivity index is 1.55. The highest BCUT2D eigenvalue weighted by atomic mass is 32.2. The van der Waals surface area contributed by atoms with Crippen LogP contribution >= 0.6 is 23.5 Å². The van der Waals surface area contributed by atoms with Gasteiger partial charge in [0, 0.05) is 76.5 Å². The van der Waals surface area contributed by atoms with E-state index in [1.165, 1.54) is 66.8 Å². The van der Waals surface area contributed by atoms with Crippen molar-refractivity contribution in [2.24, 2.45) is 0 Å². The van der Waals surface area contributed by atoms with Crippen LogP contribution in [0, 0.1) is 0 Å². The topological polar surface area (TPSA) is 61.9 Å². The number of ether oxygens (including phenoxy) is 6. The normalized spacial score (nSPS) is 16.4. The minimum atomic E-state index is -0.117. The molecule has 0 radical (unpaired) electrons. The fraction of sp³-hybridized carbons (Fsp3) is 0.613. The molecule has 0 spiro atoms. The lowest BCUT2D eigenvalue weighted by molar-refractivity contribution is 0.0321. The van der Waals surface area contributed by atoms with E-state index in [2.05, 4.69) is 154 Å². The monoisotopic (exact) mass is 1020 g/mol. The Morgan fingerprint density at radius 2 is 0.597 bits per heavy atom. The van der Waals surface area contributed by atoms with E-state index < -0.39 is 0 Å². The summed E-state index contributed by atoms with van der Waals surface area (Å²) in [6.07, 6.45) is 6.98. The van der Waals surface area contributed by atoms with Crippen LogP contribution < -0.4 is 18.9 Å². The zero-order valence-electron chi connectivity index (χ0n) is 46.9. The predicted molar refractivity (Wildman–Crippen MR) is 305 cm³/mol. The molecule has 0 amide bonds. The molecule has 8 nitrogen and oxygen atoms in total. The molecule has 4 aromatic carbocycles. The third kappa shape index (κ3) is 14.9. The van der Waals surface area contributed by atoms with Gasteiger partial charge in [-0.05, 0) is 101 Å². The first kappa shape index (κ1) is 56.3. The standard InChI is InChI=1S/C62H90N2O6S2/c1-59(2,3)51-35-43-31-47-39-53(61(7,8)9)41-49(57(47)69-27-29-71-13)33-45-37-52(60(4,5)6)38-46(56(45)68-26-20-64-17-23-66-24-18-64)34-50-42-54(62(10,11)12)40-48(58(50)70-28-30-72-14)32-44(36-51)55(43)67-25-19-63-15-21-65-22-16-63/h35-42H,15-34H2,1-14H3. The highest BCUT2D eigenvalue weighted by Crippen LogP contribution is 2.44. The van der Waals surface area contributed by atoms with Gasteiger partial charge in [-0.2, -0.15) is 23.5 Å². The third-order valence-electron chi connectivity index (χ3n) is 14.5. The zero-order valence-corrected chi connectivity index (χ0v) is 48.6. The van der Waals surface area contributed by atoms with Crippen molar-refractivity contribution in [2.45, 2.75) is 130 Å². The van der Waals surface area contributed by atoms with Crippen LogP contribution in [0.4, 0.5) is 0 Å². The lowest BCUT2D eigenvalue weighted by Crippen LogP contribution is -2.38. The Kier molecular flexibility index (Phi) is 19.2. The molecule has 0 saturated carbocycles. The number of nitrogens with zero attached hydrogens (tertiary/aromatic N) is 2. The first-order chi connectivity index (χ1) is 34.1. The molecule has 1 aliphatic carbocycles. The number of rotatable bonds is 16. The van der Waals surface area contributed by atoms with E-state index in [9.17, 15) is 0 Å². The summed E-state index contributed by atoms with van der Waals surface area (Å²) in [5, 5.41) is 0. The lowest BCUT2D eigenvalue weighted by Gasteiger charge is -2.30. The summed E-state index contributed by atoms with van der Waals surface area (Å²) >= 11 is 3.65. The van der Waals surface area contributed by atoms with Gasteiger partial charge in [0.05, 0.1) is 39.6 Å². The summed E-state index contributed by atoms with van der Waals surface area (Å²) in [6, 6.07) is 19.5. The van der Waals surface area contributed by atoms with Crippen molar-refractivity contribution >= 4 is 23.5 Å². The first-order valence-corrected chi connectivity index (χ1v) is 29.7. The van der Waals surface area contributed by atoms with Crippen molar-refractivity contribution in [3.05, 3.63) is 115 Å². The smallest absolute Gasteiger partial charge is 0.126 e. The van der Waals surface area contributed by atoms with Gasteiger partial charge < -0.3 is 28.4 Å². The maximum absolute atomic E-state index is 7.28. The van der Waals surface area contributed by atoms with E-state index in [0.29, 0.717) is 52.1 Å². The number of hydrogen-bond acceptors (Lipinski definition) is 10. The Morgan fingerprint density at radius 1 is 0.375 bits per heavy atom. The molecular formula is C62H90N2O6S2. The average Bonchev–Trinajstić information content (AvgIpc) is 3.31. The van der Waals surface area contributed by atoms with Crippen LogP contribution in [0.15, 0.2) is 48.5 Å². The molecule has 7 rings (SSSR count). The molecule has 0 atom stereocenters. The molecule has 0 aromatic heterocycles.